The minimum Gasteiger partial charge on any atom is -0.478 e. The summed E-state index contributed by atoms with van der Waals surface area (Å²) in [6.07, 6.45) is 5.77. The lowest BCUT2D eigenvalue weighted by Crippen LogP contribution is -2.29. The maximum atomic E-state index is 14.4. The smallest absolute Gasteiger partial charge is 0.328 e. The van der Waals surface area contributed by atoms with Crippen LogP contribution in [-0.4, -0.2) is 30.1 Å². The molecule has 1 heterocycles. The molecule has 0 unspecified atom stereocenters. The molecular weight excluding hydrogens is 395 g/mol. The lowest BCUT2D eigenvalue weighted by Gasteiger charge is -2.29. The highest BCUT2D eigenvalue weighted by molar-refractivity contribution is 6.14. The first-order chi connectivity index (χ1) is 15.0. The molecule has 0 saturated carbocycles. The van der Waals surface area contributed by atoms with E-state index in [1.54, 1.807) is 0 Å². The maximum Gasteiger partial charge on any atom is 0.328 e. The van der Waals surface area contributed by atoms with E-state index in [1.165, 1.54) is 30.7 Å². The summed E-state index contributed by atoms with van der Waals surface area (Å²) < 4.78 is 14.4. The number of nitrogens with one attached hydrogen (secondary N) is 1. The number of nitrogens with zero attached hydrogens (tertiary/aromatic N) is 1. The number of halogens is 1. The molecule has 31 heavy (non-hydrogen) atoms. The summed E-state index contributed by atoms with van der Waals surface area (Å²) >= 11 is 0. The lowest BCUT2D eigenvalue weighted by atomic mass is 10.0. The number of fused-ring (bicyclic) bond motifs is 1. The van der Waals surface area contributed by atoms with Crippen LogP contribution in [0, 0.1) is 5.82 Å². The quantitative estimate of drug-likeness (QED) is 0.550. The molecule has 5 nitrogen and oxygen atoms in total. The average Bonchev–Trinajstić information content (AvgIpc) is 2.79. The van der Waals surface area contributed by atoms with Crippen molar-refractivity contribution in [3.8, 4) is 0 Å². The van der Waals surface area contributed by atoms with Crippen LogP contribution in [0.4, 0.5) is 15.8 Å². The summed E-state index contributed by atoms with van der Waals surface area (Å²) in [5.41, 5.74) is 1.95. The van der Waals surface area contributed by atoms with Gasteiger partial charge in [-0.3, -0.25) is 4.79 Å². The van der Waals surface area contributed by atoms with Crippen LogP contribution in [0.2, 0.25) is 0 Å². The highest BCUT2D eigenvalue weighted by Gasteiger charge is 2.18. The fraction of sp³-hybridized carbons (Fsp3) is 0.200. The Hall–Kier alpha value is -3.67. The van der Waals surface area contributed by atoms with E-state index < -0.39 is 17.7 Å². The number of anilines is 2. The molecule has 0 aliphatic carbocycles. The minimum atomic E-state index is -1.10. The van der Waals surface area contributed by atoms with Gasteiger partial charge in [0.25, 0.3) is 5.91 Å². The molecule has 6 heteroatoms. The number of piperidine rings is 1. The van der Waals surface area contributed by atoms with Gasteiger partial charge in [0.05, 0.1) is 5.69 Å². The average molecular weight is 418 g/mol. The van der Waals surface area contributed by atoms with E-state index in [0.29, 0.717) is 11.1 Å². The van der Waals surface area contributed by atoms with Crippen molar-refractivity contribution in [3.05, 3.63) is 77.6 Å². The molecule has 1 amide bonds. The highest BCUT2D eigenvalue weighted by atomic mass is 19.1. The van der Waals surface area contributed by atoms with Crippen LogP contribution >= 0.6 is 0 Å². The summed E-state index contributed by atoms with van der Waals surface area (Å²) in [7, 11) is 0. The van der Waals surface area contributed by atoms with Crippen LogP contribution in [0.25, 0.3) is 16.8 Å². The molecule has 158 valence electrons. The predicted octanol–water partition coefficient (Wildman–Crippen LogP) is 5.32. The zero-order valence-electron chi connectivity index (χ0n) is 17.0. The molecule has 4 rings (SSSR count). The number of carboxylic acids is 1. The van der Waals surface area contributed by atoms with E-state index in [0.717, 1.165) is 48.5 Å². The third-order valence-corrected chi connectivity index (χ3v) is 5.47. The second-order valence-electron chi connectivity index (χ2n) is 7.63. The Kier molecular flexibility index (Phi) is 5.98. The summed E-state index contributed by atoms with van der Waals surface area (Å²) in [5, 5.41) is 13.2. The van der Waals surface area contributed by atoms with Crippen LogP contribution in [0.1, 0.15) is 35.2 Å². The van der Waals surface area contributed by atoms with Crippen molar-refractivity contribution >= 4 is 40.1 Å². The molecule has 3 aromatic rings. The molecule has 2 N–H and O–H groups in total. The molecule has 0 aromatic heterocycles. The van der Waals surface area contributed by atoms with Crippen LogP contribution < -0.4 is 10.2 Å². The highest BCUT2D eigenvalue weighted by Crippen LogP contribution is 2.29. The first-order valence-electron chi connectivity index (χ1n) is 10.3. The fourth-order valence-electron chi connectivity index (χ4n) is 3.92. The van der Waals surface area contributed by atoms with E-state index in [-0.39, 0.29) is 5.69 Å². The van der Waals surface area contributed by atoms with Gasteiger partial charge < -0.3 is 15.3 Å². The Bertz CT molecular complexity index is 1170. The van der Waals surface area contributed by atoms with Gasteiger partial charge in [0.15, 0.2) is 0 Å². The Balaban J connectivity index is 1.69. The Morgan fingerprint density at radius 3 is 2.55 bits per heavy atom. The molecule has 0 spiro atoms. The standard InChI is InChI=1S/C25H23FN2O3/c26-22-10-8-17(9-11-24(29)30)14-23(22)27-25(31)21-16-19(28-12-4-1-5-13-28)15-18-6-2-3-7-20(18)21/h2-3,6-11,14-16H,1,4-5,12-13H2,(H,27,31)(H,29,30)/b11-9+. The first-order valence-corrected chi connectivity index (χ1v) is 10.3. The van der Waals surface area contributed by atoms with Gasteiger partial charge in [0.1, 0.15) is 5.82 Å². The van der Waals surface area contributed by atoms with Crippen molar-refractivity contribution in [2.45, 2.75) is 19.3 Å². The van der Waals surface area contributed by atoms with Crippen molar-refractivity contribution < 1.29 is 19.1 Å². The predicted molar refractivity (Wildman–Crippen MR) is 121 cm³/mol. The molecule has 1 fully saturated rings. The summed E-state index contributed by atoms with van der Waals surface area (Å²) in [5.74, 6) is -2.10. The monoisotopic (exact) mass is 418 g/mol. The van der Waals surface area contributed by atoms with Crippen LogP contribution in [0.15, 0.2) is 60.7 Å². The van der Waals surface area contributed by atoms with E-state index in [1.807, 2.05) is 30.3 Å². The van der Waals surface area contributed by atoms with Crippen molar-refractivity contribution in [1.29, 1.82) is 0 Å². The van der Waals surface area contributed by atoms with Crippen molar-refractivity contribution in [2.24, 2.45) is 0 Å². The molecule has 1 saturated heterocycles. The van der Waals surface area contributed by atoms with Gasteiger partial charge in [-0.2, -0.15) is 0 Å². The number of carboxylic acid groups (broad SMARTS) is 1. The number of rotatable bonds is 5. The maximum absolute atomic E-state index is 14.4. The van der Waals surface area contributed by atoms with Gasteiger partial charge >= 0.3 is 5.97 Å². The molecule has 0 bridgehead atoms. The second-order valence-corrected chi connectivity index (χ2v) is 7.63. The van der Waals surface area contributed by atoms with Crippen LogP contribution in [0.3, 0.4) is 0 Å². The Morgan fingerprint density at radius 2 is 1.77 bits per heavy atom. The Labute approximate surface area is 179 Å². The number of carbonyl (C=O) groups excluding carboxylic acids is 1. The zero-order valence-corrected chi connectivity index (χ0v) is 17.0. The Morgan fingerprint density at radius 1 is 1.00 bits per heavy atom. The van der Waals surface area contributed by atoms with Gasteiger partial charge in [-0.1, -0.05) is 30.3 Å². The minimum absolute atomic E-state index is 0.00463. The first kappa shape index (κ1) is 20.6. The third kappa shape index (κ3) is 4.74. The van der Waals surface area contributed by atoms with Crippen molar-refractivity contribution in [2.75, 3.05) is 23.3 Å². The molecule has 0 atom stereocenters. The fourth-order valence-corrected chi connectivity index (χ4v) is 3.92. The molecule has 1 aliphatic heterocycles. The molecule has 0 radical (unpaired) electrons. The van der Waals surface area contributed by atoms with Gasteiger partial charge in [0, 0.05) is 30.4 Å². The number of hydrogen-bond donors (Lipinski definition) is 2. The molecular formula is C25H23FN2O3. The number of aliphatic carboxylic acids is 1. The van der Waals surface area contributed by atoms with Gasteiger partial charge in [0.2, 0.25) is 0 Å². The molecule has 1 aliphatic rings. The second kappa shape index (κ2) is 9.00. The number of hydrogen-bond acceptors (Lipinski definition) is 3. The van der Waals surface area contributed by atoms with Crippen LogP contribution in [-0.2, 0) is 4.79 Å². The summed E-state index contributed by atoms with van der Waals surface area (Å²) in [4.78, 5) is 26.2. The topological polar surface area (TPSA) is 69.6 Å². The van der Waals surface area contributed by atoms with Crippen LogP contribution in [0.5, 0.6) is 0 Å². The van der Waals surface area contributed by atoms with Gasteiger partial charge in [-0.15, -0.1) is 0 Å². The van der Waals surface area contributed by atoms with Gasteiger partial charge in [-0.05, 0) is 65.9 Å². The largest absolute Gasteiger partial charge is 0.478 e. The van der Waals surface area contributed by atoms with E-state index in [9.17, 15) is 14.0 Å². The molecule has 3 aromatic carbocycles. The summed E-state index contributed by atoms with van der Waals surface area (Å²) in [6.45, 7) is 1.90. The zero-order chi connectivity index (χ0) is 21.8. The van der Waals surface area contributed by atoms with Crippen molar-refractivity contribution in [1.82, 2.24) is 0 Å². The van der Waals surface area contributed by atoms with E-state index in [4.69, 9.17) is 5.11 Å². The SMILES string of the molecule is O=C(O)/C=C/c1ccc(F)c(NC(=O)c2cc(N3CCCCC3)cc3ccccc23)c1. The number of benzene rings is 3. The van der Waals surface area contributed by atoms with E-state index in [2.05, 4.69) is 16.3 Å². The normalized spacial score (nSPS) is 14.2. The number of carbonyl (C=O) groups is 2. The lowest BCUT2D eigenvalue weighted by molar-refractivity contribution is -0.131. The van der Waals surface area contributed by atoms with E-state index >= 15 is 0 Å². The number of amides is 1. The third-order valence-electron chi connectivity index (χ3n) is 5.47. The van der Waals surface area contributed by atoms with Gasteiger partial charge in [-0.25, -0.2) is 9.18 Å². The summed E-state index contributed by atoms with van der Waals surface area (Å²) in [6, 6.07) is 15.7. The van der Waals surface area contributed by atoms with Crippen molar-refractivity contribution in [3.63, 3.8) is 0 Å².